The summed E-state index contributed by atoms with van der Waals surface area (Å²) in [4.78, 5) is 16.7. The molecule has 3 aromatic rings. The number of nitrogen functional groups attached to an aromatic ring is 2. The van der Waals surface area contributed by atoms with E-state index in [0.717, 1.165) is 30.8 Å². The average Bonchev–Trinajstić information content (AvgIpc) is 2.72. The fourth-order valence-electron chi connectivity index (χ4n) is 2.75. The normalized spacial score (nSPS) is 10.4. The number of fused-ring (bicyclic) bond motifs is 1. The summed E-state index contributed by atoms with van der Waals surface area (Å²) in [6.45, 7) is 7.51. The lowest BCUT2D eigenvalue weighted by atomic mass is 10.1. The van der Waals surface area contributed by atoms with Gasteiger partial charge in [0.15, 0.2) is 17.0 Å². The predicted molar refractivity (Wildman–Crippen MR) is 113 cm³/mol. The smallest absolute Gasteiger partial charge is 0.224 e. The highest BCUT2D eigenvalue weighted by molar-refractivity contribution is 5.81. The van der Waals surface area contributed by atoms with E-state index in [1.54, 1.807) is 13.3 Å². The van der Waals surface area contributed by atoms with Crippen molar-refractivity contribution in [1.82, 2.24) is 25.3 Å². The number of methoxy groups -OCH3 is 1. The third kappa shape index (κ3) is 5.26. The Morgan fingerprint density at radius 2 is 1.89 bits per heavy atom. The molecule has 1 aromatic carbocycles. The van der Waals surface area contributed by atoms with Gasteiger partial charge >= 0.3 is 0 Å². The van der Waals surface area contributed by atoms with Crippen LogP contribution in [0.2, 0.25) is 0 Å². The van der Waals surface area contributed by atoms with Crippen molar-refractivity contribution in [1.29, 1.82) is 0 Å². The summed E-state index contributed by atoms with van der Waals surface area (Å²) in [5, 5.41) is 3.36. The van der Waals surface area contributed by atoms with Crippen LogP contribution in [0.1, 0.15) is 37.6 Å². The number of nitrogens with zero attached hydrogens (tertiary/aromatic N) is 4. The third-order valence-electron chi connectivity index (χ3n) is 4.13. The van der Waals surface area contributed by atoms with E-state index in [1.165, 1.54) is 11.1 Å². The Labute approximate surface area is 165 Å². The Bertz CT molecular complexity index is 914. The molecule has 150 valence electrons. The fourth-order valence-corrected chi connectivity index (χ4v) is 2.75. The summed E-state index contributed by atoms with van der Waals surface area (Å²) in [6.07, 6.45) is 3.52. The van der Waals surface area contributed by atoms with Gasteiger partial charge in [0.05, 0.1) is 19.0 Å². The van der Waals surface area contributed by atoms with Crippen molar-refractivity contribution in [2.75, 3.05) is 25.1 Å². The standard InChI is InChI=1S/C18H23N7O.C2H6/c1-3-12-5-4-11(8-14(12)26-2)6-7-21-9-13-10-22-17-15(23-13)16(19)24-18(20)25-17;1-2/h4-5,8,10,21H,3,6-7,9H2,1-2H3,(H4,19,20,22,24,25);1-2H3. The summed E-state index contributed by atoms with van der Waals surface area (Å²) in [7, 11) is 1.71. The third-order valence-corrected chi connectivity index (χ3v) is 4.13. The molecule has 0 fully saturated rings. The van der Waals surface area contributed by atoms with Crippen molar-refractivity contribution in [3.8, 4) is 5.75 Å². The molecule has 2 heterocycles. The molecule has 0 radical (unpaired) electrons. The minimum absolute atomic E-state index is 0.0969. The van der Waals surface area contributed by atoms with Gasteiger partial charge in [-0.1, -0.05) is 32.9 Å². The number of aromatic nitrogens is 4. The van der Waals surface area contributed by atoms with Crippen molar-refractivity contribution >= 4 is 22.9 Å². The molecule has 0 aliphatic carbocycles. The Hall–Kier alpha value is -3.00. The quantitative estimate of drug-likeness (QED) is 0.532. The number of nitrogens with two attached hydrogens (primary N) is 2. The van der Waals surface area contributed by atoms with Crippen LogP contribution in [0.4, 0.5) is 11.8 Å². The first-order valence-electron chi connectivity index (χ1n) is 9.51. The Kier molecular flexibility index (Phi) is 7.88. The van der Waals surface area contributed by atoms with Crippen LogP contribution in [0.15, 0.2) is 24.4 Å². The zero-order chi connectivity index (χ0) is 20.5. The lowest BCUT2D eigenvalue weighted by Gasteiger charge is -2.10. The van der Waals surface area contributed by atoms with E-state index in [-0.39, 0.29) is 11.8 Å². The van der Waals surface area contributed by atoms with Gasteiger partial charge < -0.3 is 21.5 Å². The van der Waals surface area contributed by atoms with Crippen LogP contribution in [0.5, 0.6) is 5.75 Å². The van der Waals surface area contributed by atoms with E-state index in [1.807, 2.05) is 13.8 Å². The minimum Gasteiger partial charge on any atom is -0.496 e. The van der Waals surface area contributed by atoms with Crippen molar-refractivity contribution in [2.45, 2.75) is 40.2 Å². The van der Waals surface area contributed by atoms with Gasteiger partial charge in [0.2, 0.25) is 5.95 Å². The van der Waals surface area contributed by atoms with Crippen LogP contribution in [-0.4, -0.2) is 33.6 Å². The Balaban J connectivity index is 0.00000136. The Morgan fingerprint density at radius 3 is 2.61 bits per heavy atom. The van der Waals surface area contributed by atoms with Crippen molar-refractivity contribution in [3.63, 3.8) is 0 Å². The topological polar surface area (TPSA) is 125 Å². The first-order valence-corrected chi connectivity index (χ1v) is 9.51. The van der Waals surface area contributed by atoms with E-state index in [0.29, 0.717) is 17.7 Å². The van der Waals surface area contributed by atoms with Gasteiger partial charge in [-0.15, -0.1) is 0 Å². The molecule has 0 saturated carbocycles. The zero-order valence-corrected chi connectivity index (χ0v) is 17.0. The molecule has 0 atom stereocenters. The SMILES string of the molecule is CC.CCc1ccc(CCNCc2cnc3nc(N)nc(N)c3n2)cc1OC. The van der Waals surface area contributed by atoms with Crippen LogP contribution in [0.25, 0.3) is 11.2 Å². The summed E-state index contributed by atoms with van der Waals surface area (Å²) in [6, 6.07) is 6.36. The monoisotopic (exact) mass is 383 g/mol. The minimum atomic E-state index is 0.0969. The lowest BCUT2D eigenvalue weighted by Crippen LogP contribution is -2.18. The van der Waals surface area contributed by atoms with Gasteiger partial charge in [-0.05, 0) is 36.6 Å². The van der Waals surface area contributed by atoms with Gasteiger partial charge in [0.25, 0.3) is 0 Å². The van der Waals surface area contributed by atoms with E-state index in [4.69, 9.17) is 16.2 Å². The maximum absolute atomic E-state index is 5.84. The highest BCUT2D eigenvalue weighted by atomic mass is 16.5. The largest absolute Gasteiger partial charge is 0.496 e. The summed E-state index contributed by atoms with van der Waals surface area (Å²) >= 11 is 0. The fraction of sp³-hybridized carbons (Fsp3) is 0.400. The molecule has 28 heavy (non-hydrogen) atoms. The first-order chi connectivity index (χ1) is 13.6. The summed E-state index contributed by atoms with van der Waals surface area (Å²) in [5.74, 6) is 1.28. The molecule has 0 spiro atoms. The number of anilines is 2. The maximum Gasteiger partial charge on any atom is 0.224 e. The lowest BCUT2D eigenvalue weighted by molar-refractivity contribution is 0.409. The number of aryl methyl sites for hydroxylation is 1. The molecule has 5 N–H and O–H groups in total. The zero-order valence-electron chi connectivity index (χ0n) is 17.0. The van der Waals surface area contributed by atoms with Gasteiger partial charge in [-0.25, -0.2) is 9.97 Å². The van der Waals surface area contributed by atoms with Crippen LogP contribution in [0, 0.1) is 0 Å². The molecule has 0 saturated heterocycles. The summed E-state index contributed by atoms with van der Waals surface area (Å²) in [5.41, 5.74) is 15.5. The van der Waals surface area contributed by atoms with Crippen LogP contribution < -0.4 is 21.5 Å². The number of rotatable bonds is 7. The molecule has 0 aliphatic heterocycles. The number of nitrogens with one attached hydrogen (secondary N) is 1. The second kappa shape index (κ2) is 10.4. The maximum atomic E-state index is 5.84. The van der Waals surface area contributed by atoms with E-state index in [2.05, 4.69) is 50.4 Å². The molecule has 0 aliphatic rings. The van der Waals surface area contributed by atoms with E-state index in [9.17, 15) is 0 Å². The Morgan fingerprint density at radius 1 is 1.11 bits per heavy atom. The second-order valence-corrected chi connectivity index (χ2v) is 5.93. The predicted octanol–water partition coefficient (Wildman–Crippen LogP) is 2.51. The first kappa shape index (κ1) is 21.3. The van der Waals surface area contributed by atoms with Crippen molar-refractivity contribution < 1.29 is 4.74 Å². The van der Waals surface area contributed by atoms with Crippen LogP contribution in [0.3, 0.4) is 0 Å². The van der Waals surface area contributed by atoms with Gasteiger partial charge in [-0.3, -0.25) is 0 Å². The molecule has 3 rings (SSSR count). The highest BCUT2D eigenvalue weighted by Crippen LogP contribution is 2.21. The van der Waals surface area contributed by atoms with Crippen LogP contribution >= 0.6 is 0 Å². The molecule has 0 unspecified atom stereocenters. The number of ether oxygens (including phenoxy) is 1. The van der Waals surface area contributed by atoms with E-state index >= 15 is 0 Å². The van der Waals surface area contributed by atoms with Crippen molar-refractivity contribution in [2.24, 2.45) is 0 Å². The van der Waals surface area contributed by atoms with Gasteiger partial charge in [-0.2, -0.15) is 9.97 Å². The highest BCUT2D eigenvalue weighted by Gasteiger charge is 2.07. The molecule has 0 bridgehead atoms. The number of benzene rings is 1. The van der Waals surface area contributed by atoms with Gasteiger partial charge in [0, 0.05) is 6.54 Å². The number of hydrogen-bond donors (Lipinski definition) is 3. The molecule has 8 heteroatoms. The van der Waals surface area contributed by atoms with E-state index < -0.39 is 0 Å². The number of hydrogen-bond acceptors (Lipinski definition) is 8. The van der Waals surface area contributed by atoms with Gasteiger partial charge in [0.1, 0.15) is 5.75 Å². The average molecular weight is 384 g/mol. The summed E-state index contributed by atoms with van der Waals surface area (Å²) < 4.78 is 5.44. The molecule has 8 nitrogen and oxygen atoms in total. The van der Waals surface area contributed by atoms with Crippen LogP contribution in [-0.2, 0) is 19.4 Å². The second-order valence-electron chi connectivity index (χ2n) is 5.93. The molecular weight excluding hydrogens is 354 g/mol. The molecule has 2 aromatic heterocycles. The molecular formula is C20H29N7O. The van der Waals surface area contributed by atoms with Crippen molar-refractivity contribution in [3.05, 3.63) is 41.2 Å². The molecule has 0 amide bonds.